The standard InChI is InChI=1S/C5H5BrN2O2/c6-4-7-2-1-3-8(4)5(9)10/h1-2H,3H2,(H,9,10). The lowest BCUT2D eigenvalue weighted by Gasteiger charge is -2.16. The normalized spacial score (nSPS) is 16.9. The first kappa shape index (κ1) is 7.27. The lowest BCUT2D eigenvalue weighted by molar-refractivity contribution is 0.173. The minimum absolute atomic E-state index is 0.336. The predicted molar refractivity (Wildman–Crippen MR) is 40.2 cm³/mol. The van der Waals surface area contributed by atoms with Gasteiger partial charge < -0.3 is 5.11 Å². The van der Waals surface area contributed by atoms with Gasteiger partial charge in [0.15, 0.2) is 4.74 Å². The molecule has 0 saturated carbocycles. The number of carboxylic acid groups (broad SMARTS) is 1. The maximum atomic E-state index is 10.3. The van der Waals surface area contributed by atoms with Gasteiger partial charge in [-0.2, -0.15) is 0 Å². The summed E-state index contributed by atoms with van der Waals surface area (Å²) < 4.78 is 0.336. The quantitative estimate of drug-likeness (QED) is 0.605. The Morgan fingerprint density at radius 3 is 3.00 bits per heavy atom. The van der Waals surface area contributed by atoms with Gasteiger partial charge in [0.05, 0.1) is 6.54 Å². The van der Waals surface area contributed by atoms with Gasteiger partial charge in [-0.05, 0) is 22.0 Å². The summed E-state index contributed by atoms with van der Waals surface area (Å²) in [6.45, 7) is 0.361. The summed E-state index contributed by atoms with van der Waals surface area (Å²) in [6, 6.07) is 0. The molecule has 0 atom stereocenters. The molecule has 1 aliphatic heterocycles. The molecule has 1 N–H and O–H groups in total. The van der Waals surface area contributed by atoms with Gasteiger partial charge in [0, 0.05) is 6.20 Å². The topological polar surface area (TPSA) is 52.9 Å². The molecule has 10 heavy (non-hydrogen) atoms. The fraction of sp³-hybridized carbons (Fsp3) is 0.200. The fourth-order valence-corrected chi connectivity index (χ4v) is 0.983. The van der Waals surface area contributed by atoms with Crippen LogP contribution in [-0.2, 0) is 0 Å². The molecule has 0 aromatic carbocycles. The first-order chi connectivity index (χ1) is 4.72. The van der Waals surface area contributed by atoms with E-state index in [1.807, 2.05) is 0 Å². The zero-order valence-corrected chi connectivity index (χ0v) is 6.58. The van der Waals surface area contributed by atoms with E-state index in [0.717, 1.165) is 4.90 Å². The summed E-state index contributed by atoms with van der Waals surface area (Å²) in [5, 5.41) is 8.49. The second kappa shape index (κ2) is 2.83. The van der Waals surface area contributed by atoms with Crippen molar-refractivity contribution in [1.29, 1.82) is 0 Å². The number of rotatable bonds is 0. The van der Waals surface area contributed by atoms with Crippen LogP contribution in [0.5, 0.6) is 0 Å². The average Bonchev–Trinajstić information content (AvgIpc) is 1.88. The zero-order chi connectivity index (χ0) is 7.56. The molecule has 5 heteroatoms. The maximum absolute atomic E-state index is 10.3. The Morgan fingerprint density at radius 2 is 2.60 bits per heavy atom. The van der Waals surface area contributed by atoms with Gasteiger partial charge in [0.1, 0.15) is 0 Å². The van der Waals surface area contributed by atoms with Gasteiger partial charge in [-0.3, -0.25) is 4.90 Å². The van der Waals surface area contributed by atoms with Crippen LogP contribution in [0.2, 0.25) is 0 Å². The summed E-state index contributed by atoms with van der Waals surface area (Å²) in [5.41, 5.74) is 0. The van der Waals surface area contributed by atoms with Gasteiger partial charge in [-0.15, -0.1) is 0 Å². The van der Waals surface area contributed by atoms with Crippen LogP contribution in [0, 0.1) is 0 Å². The highest BCUT2D eigenvalue weighted by molar-refractivity contribution is 9.18. The second-order valence-corrected chi connectivity index (χ2v) is 2.39. The third kappa shape index (κ3) is 1.36. The third-order valence-electron chi connectivity index (χ3n) is 1.03. The number of hydrogen-bond donors (Lipinski definition) is 1. The molecule has 0 fully saturated rings. The molecule has 4 nitrogen and oxygen atoms in total. The number of aliphatic imine (C=N–C) groups is 1. The van der Waals surface area contributed by atoms with Crippen molar-refractivity contribution in [2.75, 3.05) is 6.54 Å². The van der Waals surface area contributed by atoms with Gasteiger partial charge in [0.25, 0.3) is 0 Å². The van der Waals surface area contributed by atoms with Crippen LogP contribution in [0.1, 0.15) is 0 Å². The number of amides is 1. The van der Waals surface area contributed by atoms with Crippen molar-refractivity contribution in [1.82, 2.24) is 4.90 Å². The highest BCUT2D eigenvalue weighted by Gasteiger charge is 2.15. The van der Waals surface area contributed by atoms with Gasteiger partial charge in [-0.25, -0.2) is 9.79 Å². The molecule has 54 valence electrons. The molecule has 0 spiro atoms. The third-order valence-corrected chi connectivity index (χ3v) is 1.66. The lowest BCUT2D eigenvalue weighted by Crippen LogP contribution is -2.33. The highest BCUT2D eigenvalue weighted by atomic mass is 79.9. The van der Waals surface area contributed by atoms with Crippen molar-refractivity contribution < 1.29 is 9.90 Å². The minimum Gasteiger partial charge on any atom is -0.465 e. The van der Waals surface area contributed by atoms with Crippen molar-refractivity contribution in [3.63, 3.8) is 0 Å². The zero-order valence-electron chi connectivity index (χ0n) is 4.99. The van der Waals surface area contributed by atoms with E-state index in [1.54, 1.807) is 12.3 Å². The molecule has 1 rings (SSSR count). The molecule has 0 aromatic rings. The number of halogens is 1. The van der Waals surface area contributed by atoms with Crippen LogP contribution >= 0.6 is 15.9 Å². The van der Waals surface area contributed by atoms with Crippen LogP contribution in [0.4, 0.5) is 4.79 Å². The van der Waals surface area contributed by atoms with Crippen LogP contribution in [0.3, 0.4) is 0 Å². The molecule has 0 bridgehead atoms. The molecule has 0 radical (unpaired) electrons. The maximum Gasteiger partial charge on any atom is 0.413 e. The van der Waals surface area contributed by atoms with Crippen LogP contribution in [-0.4, -0.2) is 27.4 Å². The van der Waals surface area contributed by atoms with E-state index >= 15 is 0 Å². The number of amidine groups is 1. The van der Waals surface area contributed by atoms with Crippen LogP contribution in [0.15, 0.2) is 17.3 Å². The van der Waals surface area contributed by atoms with E-state index in [0.29, 0.717) is 11.3 Å². The number of hydrogen-bond acceptors (Lipinski definition) is 2. The van der Waals surface area contributed by atoms with Crippen molar-refractivity contribution in [2.45, 2.75) is 0 Å². The van der Waals surface area contributed by atoms with Crippen LogP contribution < -0.4 is 0 Å². The Labute approximate surface area is 66.0 Å². The Balaban J connectivity index is 2.73. The predicted octanol–water partition coefficient (Wildman–Crippen LogP) is 1.24. The second-order valence-electron chi connectivity index (χ2n) is 1.68. The van der Waals surface area contributed by atoms with E-state index in [1.165, 1.54) is 0 Å². The van der Waals surface area contributed by atoms with E-state index in [2.05, 4.69) is 20.9 Å². The Hall–Kier alpha value is -0.840. The summed E-state index contributed by atoms with van der Waals surface area (Å²) in [4.78, 5) is 15.2. The first-order valence-corrected chi connectivity index (χ1v) is 3.40. The largest absolute Gasteiger partial charge is 0.465 e. The first-order valence-electron chi connectivity index (χ1n) is 2.60. The Bertz CT molecular complexity index is 212. The van der Waals surface area contributed by atoms with Crippen molar-refractivity contribution in [3.05, 3.63) is 12.3 Å². The minimum atomic E-state index is -1.00. The van der Waals surface area contributed by atoms with Crippen LogP contribution in [0.25, 0.3) is 0 Å². The lowest BCUT2D eigenvalue weighted by atomic mass is 10.5. The van der Waals surface area contributed by atoms with Crippen molar-refractivity contribution in [3.8, 4) is 0 Å². The Kier molecular flexibility index (Phi) is 2.06. The fourth-order valence-electron chi connectivity index (χ4n) is 0.569. The smallest absolute Gasteiger partial charge is 0.413 e. The molecule has 0 saturated heterocycles. The van der Waals surface area contributed by atoms with E-state index in [9.17, 15) is 4.79 Å². The van der Waals surface area contributed by atoms with Gasteiger partial charge in [-0.1, -0.05) is 0 Å². The van der Waals surface area contributed by atoms with Gasteiger partial charge in [0.2, 0.25) is 0 Å². The molecular formula is C5H5BrN2O2. The Morgan fingerprint density at radius 1 is 1.90 bits per heavy atom. The highest BCUT2D eigenvalue weighted by Crippen LogP contribution is 2.05. The molecule has 0 aliphatic carbocycles. The van der Waals surface area contributed by atoms with E-state index in [-0.39, 0.29) is 0 Å². The van der Waals surface area contributed by atoms with E-state index < -0.39 is 6.09 Å². The summed E-state index contributed by atoms with van der Waals surface area (Å²) in [6.07, 6.45) is 2.22. The molecule has 0 unspecified atom stereocenters. The summed E-state index contributed by atoms with van der Waals surface area (Å²) >= 11 is 3.00. The average molecular weight is 205 g/mol. The van der Waals surface area contributed by atoms with Crippen molar-refractivity contribution >= 4 is 26.8 Å². The number of nitrogens with zero attached hydrogens (tertiary/aromatic N) is 2. The molecular weight excluding hydrogens is 200 g/mol. The molecule has 0 aromatic heterocycles. The molecule has 1 aliphatic rings. The SMILES string of the molecule is O=C(O)N1CC=CN=C1Br. The summed E-state index contributed by atoms with van der Waals surface area (Å²) in [5.74, 6) is 0. The monoisotopic (exact) mass is 204 g/mol. The molecule has 1 heterocycles. The van der Waals surface area contributed by atoms with Gasteiger partial charge >= 0.3 is 6.09 Å². The van der Waals surface area contributed by atoms with Crippen molar-refractivity contribution in [2.24, 2.45) is 4.99 Å². The molecule has 1 amide bonds. The van der Waals surface area contributed by atoms with E-state index in [4.69, 9.17) is 5.11 Å². The number of carbonyl (C=O) groups is 1. The summed E-state index contributed by atoms with van der Waals surface area (Å²) in [7, 11) is 0.